The van der Waals surface area contributed by atoms with Crippen molar-refractivity contribution in [1.82, 2.24) is 4.90 Å². The van der Waals surface area contributed by atoms with Crippen molar-refractivity contribution in [2.75, 3.05) is 20.3 Å². The Kier molecular flexibility index (Phi) is 5.64. The van der Waals surface area contributed by atoms with Gasteiger partial charge >= 0.3 is 0 Å². The maximum absolute atomic E-state index is 13.0. The summed E-state index contributed by atoms with van der Waals surface area (Å²) in [4.78, 5) is 27.1. The third-order valence-corrected chi connectivity index (χ3v) is 5.84. The minimum atomic E-state index is -0.864. The van der Waals surface area contributed by atoms with Gasteiger partial charge in [-0.05, 0) is 48.4 Å². The first-order valence-corrected chi connectivity index (χ1v) is 10.2. The summed E-state index contributed by atoms with van der Waals surface area (Å²) in [5.74, 6) is -1.16. The number of phenolic OH excluding ortho intramolecular Hbond substituents is 1. The molecule has 2 N–H and O–H groups in total. The van der Waals surface area contributed by atoms with Crippen molar-refractivity contribution < 1.29 is 29.3 Å². The van der Waals surface area contributed by atoms with Crippen LogP contribution in [0.2, 0.25) is 5.02 Å². The maximum atomic E-state index is 13.0. The van der Waals surface area contributed by atoms with E-state index in [9.17, 15) is 19.8 Å². The highest BCUT2D eigenvalue weighted by molar-refractivity contribution is 6.46. The lowest BCUT2D eigenvalue weighted by molar-refractivity contribution is -0.140. The summed E-state index contributed by atoms with van der Waals surface area (Å²) in [6, 6.07) is 8.77. The van der Waals surface area contributed by atoms with Crippen LogP contribution in [-0.2, 0) is 20.7 Å². The molecule has 2 atom stereocenters. The van der Waals surface area contributed by atoms with Crippen LogP contribution in [0.15, 0.2) is 42.0 Å². The Morgan fingerprint density at radius 1 is 1.26 bits per heavy atom. The van der Waals surface area contributed by atoms with E-state index in [4.69, 9.17) is 21.1 Å². The third kappa shape index (κ3) is 3.75. The minimum absolute atomic E-state index is 0.0326. The van der Waals surface area contributed by atoms with Gasteiger partial charge in [0.15, 0.2) is 0 Å². The first-order chi connectivity index (χ1) is 14.8. The topological polar surface area (TPSA) is 96.3 Å². The number of carbonyl (C=O) groups is 2. The fraction of sp³-hybridized carbons (Fsp3) is 0.304. The summed E-state index contributed by atoms with van der Waals surface area (Å²) in [6.07, 6.45) is 0.724. The molecule has 4 rings (SSSR count). The third-order valence-electron chi connectivity index (χ3n) is 5.53. The summed E-state index contributed by atoms with van der Waals surface area (Å²) in [5, 5.41) is 21.0. The number of aliphatic hydroxyl groups is 1. The van der Waals surface area contributed by atoms with E-state index in [1.165, 1.54) is 24.1 Å². The van der Waals surface area contributed by atoms with Gasteiger partial charge in [-0.1, -0.05) is 17.7 Å². The summed E-state index contributed by atoms with van der Waals surface area (Å²) < 4.78 is 10.8. The average Bonchev–Trinajstić information content (AvgIpc) is 3.24. The van der Waals surface area contributed by atoms with Gasteiger partial charge in [0.05, 0.1) is 23.2 Å². The number of fused-ring (bicyclic) bond motifs is 1. The molecule has 2 heterocycles. The zero-order valence-electron chi connectivity index (χ0n) is 17.1. The van der Waals surface area contributed by atoms with Crippen molar-refractivity contribution in [1.29, 1.82) is 0 Å². The molecule has 2 aliphatic heterocycles. The number of carbonyl (C=O) groups excluding carboxylic acids is 2. The van der Waals surface area contributed by atoms with E-state index in [0.29, 0.717) is 17.5 Å². The Hall–Kier alpha value is -3.03. The van der Waals surface area contributed by atoms with Crippen LogP contribution in [0.3, 0.4) is 0 Å². The molecule has 2 aromatic rings. The number of Topliss-reactive ketones (excluding diaryl/α,β-unsaturated/α-hetero) is 1. The first kappa shape index (κ1) is 21.2. The predicted molar refractivity (Wildman–Crippen MR) is 114 cm³/mol. The molecule has 7 nitrogen and oxygen atoms in total. The highest BCUT2D eigenvalue weighted by Gasteiger charge is 2.46. The van der Waals surface area contributed by atoms with Gasteiger partial charge in [0.2, 0.25) is 0 Å². The lowest BCUT2D eigenvalue weighted by atomic mass is 9.94. The van der Waals surface area contributed by atoms with Gasteiger partial charge in [0.1, 0.15) is 23.4 Å². The van der Waals surface area contributed by atoms with Crippen molar-refractivity contribution in [3.63, 3.8) is 0 Å². The average molecular weight is 444 g/mol. The van der Waals surface area contributed by atoms with Gasteiger partial charge in [-0.25, -0.2) is 0 Å². The Morgan fingerprint density at radius 3 is 2.74 bits per heavy atom. The lowest BCUT2D eigenvalue weighted by Crippen LogP contribution is -2.32. The van der Waals surface area contributed by atoms with Gasteiger partial charge < -0.3 is 24.6 Å². The van der Waals surface area contributed by atoms with E-state index in [0.717, 1.165) is 11.3 Å². The van der Waals surface area contributed by atoms with Crippen molar-refractivity contribution >= 4 is 29.1 Å². The number of hydrogen-bond acceptors (Lipinski definition) is 6. The fourth-order valence-electron chi connectivity index (χ4n) is 4.06. The number of phenols is 1. The van der Waals surface area contributed by atoms with Crippen molar-refractivity contribution in [2.24, 2.45) is 0 Å². The monoisotopic (exact) mass is 443 g/mol. The largest absolute Gasteiger partial charge is 0.507 e. The van der Waals surface area contributed by atoms with Crippen LogP contribution in [0.25, 0.3) is 5.76 Å². The number of methoxy groups -OCH3 is 1. The molecule has 162 valence electrons. The molecule has 0 aliphatic carbocycles. The number of aliphatic hydroxyl groups excluding tert-OH is 1. The van der Waals surface area contributed by atoms with Crippen LogP contribution in [-0.4, -0.2) is 53.2 Å². The zero-order chi connectivity index (χ0) is 22.3. The molecule has 0 bridgehead atoms. The number of aromatic hydroxyl groups is 1. The second kappa shape index (κ2) is 8.24. The number of hydrogen-bond donors (Lipinski definition) is 2. The van der Waals surface area contributed by atoms with Gasteiger partial charge in [0.25, 0.3) is 11.7 Å². The molecule has 1 saturated heterocycles. The Morgan fingerprint density at radius 2 is 2.03 bits per heavy atom. The number of benzene rings is 2. The second-order valence-corrected chi connectivity index (χ2v) is 8.06. The molecule has 0 saturated carbocycles. The van der Waals surface area contributed by atoms with E-state index in [-0.39, 0.29) is 41.4 Å². The van der Waals surface area contributed by atoms with Crippen molar-refractivity contribution in [3.8, 4) is 11.5 Å². The second-order valence-electron chi connectivity index (χ2n) is 7.65. The molecular weight excluding hydrogens is 422 g/mol. The Labute approximate surface area is 184 Å². The Balaban J connectivity index is 1.84. The quantitative estimate of drug-likeness (QED) is 0.417. The highest BCUT2D eigenvalue weighted by Crippen LogP contribution is 2.41. The Bertz CT molecular complexity index is 1100. The van der Waals surface area contributed by atoms with E-state index in [2.05, 4.69) is 0 Å². The number of halogens is 1. The molecule has 8 heteroatoms. The number of amides is 1. The summed E-state index contributed by atoms with van der Waals surface area (Å²) in [6.45, 7) is 2.31. The van der Waals surface area contributed by atoms with Crippen LogP contribution >= 0.6 is 11.6 Å². The number of ether oxygens (including phenoxy) is 2. The molecule has 2 unspecified atom stereocenters. The standard InChI is InChI=1S/C23H22ClNO6/c1-12-9-15-10-14(4-6-18(15)31-12)21(27)19-20(13-3-5-17(26)16(24)11-13)25(7-8-30-2)23(29)22(19)28/h3-6,10-12,20,26-27H,7-9H2,1-2H3/b21-19-. The first-order valence-electron chi connectivity index (χ1n) is 9.87. The molecule has 31 heavy (non-hydrogen) atoms. The van der Waals surface area contributed by atoms with Crippen LogP contribution in [0.5, 0.6) is 11.5 Å². The number of ketones is 1. The molecule has 1 amide bonds. The number of likely N-dealkylation sites (tertiary alicyclic amines) is 1. The summed E-state index contributed by atoms with van der Waals surface area (Å²) in [5.41, 5.74) is 1.82. The van der Waals surface area contributed by atoms with Gasteiger partial charge in [0, 0.05) is 25.6 Å². The van der Waals surface area contributed by atoms with Crippen LogP contribution in [0.4, 0.5) is 0 Å². The van der Waals surface area contributed by atoms with E-state index >= 15 is 0 Å². The zero-order valence-corrected chi connectivity index (χ0v) is 17.8. The van der Waals surface area contributed by atoms with Crippen molar-refractivity contribution in [2.45, 2.75) is 25.5 Å². The van der Waals surface area contributed by atoms with Gasteiger partial charge in [-0.2, -0.15) is 0 Å². The maximum Gasteiger partial charge on any atom is 0.295 e. The smallest absolute Gasteiger partial charge is 0.295 e. The normalized spacial score (nSPS) is 22.0. The van der Waals surface area contributed by atoms with Crippen LogP contribution in [0.1, 0.15) is 29.7 Å². The van der Waals surface area contributed by atoms with Crippen LogP contribution < -0.4 is 4.74 Å². The lowest BCUT2D eigenvalue weighted by Gasteiger charge is -2.25. The van der Waals surface area contributed by atoms with Gasteiger partial charge in [-0.15, -0.1) is 0 Å². The number of nitrogens with zero attached hydrogens (tertiary/aromatic N) is 1. The SMILES string of the molecule is COCCN1C(=O)C(=O)/C(=C(\O)c2ccc3c(c2)CC(C)O3)C1c1ccc(O)c(Cl)c1. The van der Waals surface area contributed by atoms with E-state index in [1.54, 1.807) is 24.3 Å². The van der Waals surface area contributed by atoms with Crippen LogP contribution in [0, 0.1) is 0 Å². The highest BCUT2D eigenvalue weighted by atomic mass is 35.5. The number of rotatable bonds is 5. The molecule has 1 fully saturated rings. The molecule has 2 aromatic carbocycles. The summed E-state index contributed by atoms with van der Waals surface area (Å²) >= 11 is 6.08. The van der Waals surface area contributed by atoms with Crippen molar-refractivity contribution in [3.05, 3.63) is 63.7 Å². The molecule has 0 spiro atoms. The van der Waals surface area contributed by atoms with Gasteiger partial charge in [-0.3, -0.25) is 9.59 Å². The molecule has 2 aliphatic rings. The molecular formula is C23H22ClNO6. The van der Waals surface area contributed by atoms with E-state index < -0.39 is 17.7 Å². The predicted octanol–water partition coefficient (Wildman–Crippen LogP) is 3.44. The molecule has 0 radical (unpaired) electrons. The molecule has 0 aromatic heterocycles. The summed E-state index contributed by atoms with van der Waals surface area (Å²) in [7, 11) is 1.50. The van der Waals surface area contributed by atoms with E-state index in [1.807, 2.05) is 6.92 Å². The minimum Gasteiger partial charge on any atom is -0.507 e. The fourth-order valence-corrected chi connectivity index (χ4v) is 4.25.